The van der Waals surface area contributed by atoms with Gasteiger partial charge in [0.15, 0.2) is 0 Å². The number of aromatic nitrogens is 2. The summed E-state index contributed by atoms with van der Waals surface area (Å²) in [6.45, 7) is 4.70. The minimum Gasteiger partial charge on any atom is -0.485 e. The van der Waals surface area contributed by atoms with Gasteiger partial charge in [-0.25, -0.2) is 4.98 Å². The molecule has 4 nitrogen and oxygen atoms in total. The number of benzene rings is 1. The Morgan fingerprint density at radius 2 is 2.12 bits per heavy atom. The minimum absolute atomic E-state index is 0.379. The first-order valence-electron chi connectivity index (χ1n) is 5.66. The first-order chi connectivity index (χ1) is 8.18. The number of anilines is 1. The lowest BCUT2D eigenvalue weighted by molar-refractivity contribution is 0.293. The molecule has 0 bridgehead atoms. The van der Waals surface area contributed by atoms with Gasteiger partial charge in [0, 0.05) is 6.04 Å². The van der Waals surface area contributed by atoms with Crippen molar-refractivity contribution < 1.29 is 4.74 Å². The molecule has 1 aromatic carbocycles. The molecule has 1 heterocycles. The fourth-order valence-electron chi connectivity index (χ4n) is 1.67. The summed E-state index contributed by atoms with van der Waals surface area (Å²) < 4.78 is 7.77. The number of ether oxygens (including phenoxy) is 1. The quantitative estimate of drug-likeness (QED) is 0.823. The molecule has 17 heavy (non-hydrogen) atoms. The van der Waals surface area contributed by atoms with E-state index >= 15 is 0 Å². The third kappa shape index (κ3) is 2.58. The zero-order chi connectivity index (χ0) is 12.3. The molecule has 0 atom stereocenters. The van der Waals surface area contributed by atoms with E-state index in [4.69, 9.17) is 10.5 Å². The van der Waals surface area contributed by atoms with E-state index in [1.165, 1.54) is 0 Å². The Kier molecular flexibility index (Phi) is 3.32. The lowest BCUT2D eigenvalue weighted by atomic mass is 10.3. The maximum absolute atomic E-state index is 5.81. The Labute approximate surface area is 101 Å². The second kappa shape index (κ2) is 4.91. The van der Waals surface area contributed by atoms with Gasteiger partial charge in [-0.1, -0.05) is 12.1 Å². The van der Waals surface area contributed by atoms with E-state index in [9.17, 15) is 0 Å². The zero-order valence-electron chi connectivity index (χ0n) is 10.1. The van der Waals surface area contributed by atoms with Crippen LogP contribution in [0.1, 0.15) is 25.6 Å². The van der Waals surface area contributed by atoms with Crippen LogP contribution in [0.2, 0.25) is 0 Å². The van der Waals surface area contributed by atoms with Gasteiger partial charge in [0.25, 0.3) is 0 Å². The number of nitrogens with zero attached hydrogens (tertiary/aromatic N) is 2. The largest absolute Gasteiger partial charge is 0.485 e. The van der Waals surface area contributed by atoms with Crippen molar-refractivity contribution in [2.24, 2.45) is 0 Å². The summed E-state index contributed by atoms with van der Waals surface area (Å²) >= 11 is 0. The summed E-state index contributed by atoms with van der Waals surface area (Å²) in [5.41, 5.74) is 7.51. The Bertz CT molecular complexity index is 491. The van der Waals surface area contributed by atoms with Crippen molar-refractivity contribution in [2.75, 3.05) is 5.73 Å². The number of para-hydroxylation sites is 2. The Morgan fingerprint density at radius 1 is 1.35 bits per heavy atom. The SMILES string of the molecule is CC(C)n1cncc1COc1ccccc1N. The molecule has 0 fully saturated rings. The standard InChI is InChI=1S/C13H17N3O/c1-10(2)16-9-15-7-11(16)8-17-13-6-4-3-5-12(13)14/h3-7,9-10H,8,14H2,1-2H3. The van der Waals surface area contributed by atoms with E-state index in [2.05, 4.69) is 23.4 Å². The summed E-state index contributed by atoms with van der Waals surface area (Å²) in [4.78, 5) is 4.13. The minimum atomic E-state index is 0.379. The van der Waals surface area contributed by atoms with Gasteiger partial charge in [0.05, 0.1) is 23.9 Å². The van der Waals surface area contributed by atoms with Crippen LogP contribution in [-0.4, -0.2) is 9.55 Å². The van der Waals surface area contributed by atoms with E-state index in [-0.39, 0.29) is 0 Å². The third-order valence-electron chi connectivity index (χ3n) is 2.60. The van der Waals surface area contributed by atoms with Crippen LogP contribution in [0, 0.1) is 0 Å². The molecule has 0 saturated heterocycles. The second-order valence-electron chi connectivity index (χ2n) is 4.21. The van der Waals surface area contributed by atoms with Crippen LogP contribution in [0.3, 0.4) is 0 Å². The van der Waals surface area contributed by atoms with Gasteiger partial charge in [-0.05, 0) is 26.0 Å². The predicted octanol–water partition coefficient (Wildman–Crippen LogP) is 2.63. The van der Waals surface area contributed by atoms with E-state index in [1.54, 1.807) is 0 Å². The van der Waals surface area contributed by atoms with E-state index in [0.717, 1.165) is 5.69 Å². The van der Waals surface area contributed by atoms with Crippen LogP contribution in [0.4, 0.5) is 5.69 Å². The van der Waals surface area contributed by atoms with Crippen molar-refractivity contribution >= 4 is 5.69 Å². The fourth-order valence-corrected chi connectivity index (χ4v) is 1.67. The molecule has 2 rings (SSSR count). The van der Waals surface area contributed by atoms with Crippen molar-refractivity contribution in [3.8, 4) is 5.75 Å². The van der Waals surface area contributed by atoms with Gasteiger partial charge in [0.2, 0.25) is 0 Å². The molecule has 0 aliphatic rings. The number of hydrogen-bond acceptors (Lipinski definition) is 3. The van der Waals surface area contributed by atoms with E-state index < -0.39 is 0 Å². The monoisotopic (exact) mass is 231 g/mol. The molecule has 0 amide bonds. The van der Waals surface area contributed by atoms with E-state index in [0.29, 0.717) is 24.1 Å². The molecule has 1 aromatic heterocycles. The third-order valence-corrected chi connectivity index (χ3v) is 2.60. The summed E-state index contributed by atoms with van der Waals surface area (Å²) in [5.74, 6) is 0.712. The molecule has 0 unspecified atom stereocenters. The zero-order valence-corrected chi connectivity index (χ0v) is 10.1. The van der Waals surface area contributed by atoms with Crippen LogP contribution >= 0.6 is 0 Å². The van der Waals surface area contributed by atoms with Gasteiger partial charge < -0.3 is 15.0 Å². The molecule has 0 saturated carbocycles. The normalized spacial score (nSPS) is 10.8. The molecule has 0 aliphatic carbocycles. The fraction of sp³-hybridized carbons (Fsp3) is 0.308. The summed E-state index contributed by atoms with van der Waals surface area (Å²) in [6.07, 6.45) is 3.64. The van der Waals surface area contributed by atoms with Gasteiger partial charge in [-0.15, -0.1) is 0 Å². The molecule has 0 radical (unpaired) electrons. The Morgan fingerprint density at radius 3 is 2.82 bits per heavy atom. The van der Waals surface area contributed by atoms with Crippen LogP contribution < -0.4 is 10.5 Å². The lowest BCUT2D eigenvalue weighted by Gasteiger charge is -2.13. The van der Waals surface area contributed by atoms with Gasteiger partial charge in [-0.2, -0.15) is 0 Å². The van der Waals surface area contributed by atoms with Gasteiger partial charge >= 0.3 is 0 Å². The molecule has 4 heteroatoms. The highest BCUT2D eigenvalue weighted by Gasteiger charge is 2.06. The molecule has 2 aromatic rings. The molecule has 90 valence electrons. The lowest BCUT2D eigenvalue weighted by Crippen LogP contribution is -2.07. The van der Waals surface area contributed by atoms with Crippen LogP contribution in [0.5, 0.6) is 5.75 Å². The maximum Gasteiger partial charge on any atom is 0.142 e. The van der Waals surface area contributed by atoms with Crippen LogP contribution in [0.15, 0.2) is 36.8 Å². The number of hydrogen-bond donors (Lipinski definition) is 1. The number of rotatable bonds is 4. The highest BCUT2D eigenvalue weighted by molar-refractivity contribution is 5.51. The summed E-state index contributed by atoms with van der Waals surface area (Å²) in [6, 6.07) is 7.87. The van der Waals surface area contributed by atoms with Crippen molar-refractivity contribution in [1.29, 1.82) is 0 Å². The molecule has 0 aliphatic heterocycles. The van der Waals surface area contributed by atoms with Gasteiger partial charge in [-0.3, -0.25) is 0 Å². The average molecular weight is 231 g/mol. The first kappa shape index (κ1) is 11.5. The topological polar surface area (TPSA) is 53.1 Å². The summed E-state index contributed by atoms with van der Waals surface area (Å²) in [5, 5.41) is 0. The smallest absolute Gasteiger partial charge is 0.142 e. The molecular weight excluding hydrogens is 214 g/mol. The first-order valence-corrected chi connectivity index (χ1v) is 5.66. The van der Waals surface area contributed by atoms with Crippen molar-refractivity contribution in [1.82, 2.24) is 9.55 Å². The highest BCUT2D eigenvalue weighted by Crippen LogP contribution is 2.21. The highest BCUT2D eigenvalue weighted by atomic mass is 16.5. The second-order valence-corrected chi connectivity index (χ2v) is 4.21. The van der Waals surface area contributed by atoms with Crippen molar-refractivity contribution in [2.45, 2.75) is 26.5 Å². The molecule has 2 N–H and O–H groups in total. The summed E-state index contributed by atoms with van der Waals surface area (Å²) in [7, 11) is 0. The Hall–Kier alpha value is -1.97. The van der Waals surface area contributed by atoms with Crippen LogP contribution in [-0.2, 0) is 6.61 Å². The van der Waals surface area contributed by atoms with Crippen molar-refractivity contribution in [3.05, 3.63) is 42.5 Å². The number of imidazole rings is 1. The number of nitrogen functional groups attached to an aromatic ring is 1. The average Bonchev–Trinajstić information content (AvgIpc) is 2.76. The predicted molar refractivity (Wildman–Crippen MR) is 67.8 cm³/mol. The van der Waals surface area contributed by atoms with E-state index in [1.807, 2.05) is 36.8 Å². The van der Waals surface area contributed by atoms with Crippen LogP contribution in [0.25, 0.3) is 0 Å². The Balaban J connectivity index is 2.08. The molecular formula is C13H17N3O. The van der Waals surface area contributed by atoms with Gasteiger partial charge in [0.1, 0.15) is 12.4 Å². The number of nitrogens with two attached hydrogens (primary N) is 1. The maximum atomic E-state index is 5.81. The molecule has 0 spiro atoms. The van der Waals surface area contributed by atoms with Crippen molar-refractivity contribution in [3.63, 3.8) is 0 Å².